The van der Waals surface area contributed by atoms with Crippen molar-refractivity contribution in [2.45, 2.75) is 50.7 Å². The second kappa shape index (κ2) is 2.74. The van der Waals surface area contributed by atoms with E-state index in [0.717, 1.165) is 18.8 Å². The largest absolute Gasteiger partial charge is 0.350 e. The van der Waals surface area contributed by atoms with Gasteiger partial charge in [-0.25, -0.2) is 0 Å². The van der Waals surface area contributed by atoms with E-state index in [2.05, 4.69) is 13.0 Å². The molecular weight excluding hydrogens is 150 g/mol. The molecule has 3 unspecified atom stereocenters. The number of ether oxygens (including phenoxy) is 1. The van der Waals surface area contributed by atoms with E-state index >= 15 is 0 Å². The first-order valence-corrected chi connectivity index (χ1v) is 4.84. The van der Waals surface area contributed by atoms with E-state index in [9.17, 15) is 0 Å². The van der Waals surface area contributed by atoms with Gasteiger partial charge in [0.05, 0.1) is 6.07 Å². The first-order chi connectivity index (χ1) is 5.77. The third-order valence-corrected chi connectivity index (χ3v) is 3.25. The van der Waals surface area contributed by atoms with Crippen LogP contribution in [0, 0.1) is 17.2 Å². The van der Waals surface area contributed by atoms with Gasteiger partial charge in [-0.3, -0.25) is 0 Å². The van der Waals surface area contributed by atoms with Crippen LogP contribution in [-0.2, 0) is 4.74 Å². The zero-order valence-electron chi connectivity index (χ0n) is 7.55. The van der Waals surface area contributed by atoms with Crippen LogP contribution in [0.1, 0.15) is 39.0 Å². The molecule has 0 aromatic rings. The molecule has 1 spiro atoms. The number of nitrogens with zero attached hydrogens (tertiary/aromatic N) is 1. The Hall–Kier alpha value is -0.550. The molecule has 2 aliphatic rings. The van der Waals surface area contributed by atoms with Gasteiger partial charge in [-0.15, -0.1) is 0 Å². The average molecular weight is 165 g/mol. The van der Waals surface area contributed by atoms with Crippen molar-refractivity contribution in [3.8, 4) is 6.07 Å². The smallest absolute Gasteiger partial charge is 0.173 e. The highest BCUT2D eigenvalue weighted by atomic mass is 16.6. The Balaban J connectivity index is 1.98. The van der Waals surface area contributed by atoms with Crippen LogP contribution in [0.2, 0.25) is 0 Å². The molecule has 2 rings (SSSR count). The van der Waals surface area contributed by atoms with Gasteiger partial charge >= 0.3 is 0 Å². The van der Waals surface area contributed by atoms with E-state index in [0.29, 0.717) is 0 Å². The Bertz CT molecular complexity index is 220. The van der Waals surface area contributed by atoms with Crippen LogP contribution in [0.3, 0.4) is 0 Å². The molecule has 2 nitrogen and oxygen atoms in total. The van der Waals surface area contributed by atoms with E-state index in [1.807, 2.05) is 0 Å². The molecule has 0 radical (unpaired) electrons. The minimum absolute atomic E-state index is 0.000486. The van der Waals surface area contributed by atoms with E-state index < -0.39 is 0 Å². The monoisotopic (exact) mass is 165 g/mol. The fourth-order valence-corrected chi connectivity index (χ4v) is 2.23. The minimum Gasteiger partial charge on any atom is -0.350 e. The van der Waals surface area contributed by atoms with Crippen molar-refractivity contribution >= 4 is 0 Å². The molecular formula is C10H15NO. The van der Waals surface area contributed by atoms with E-state index in [1.54, 1.807) is 0 Å². The van der Waals surface area contributed by atoms with E-state index in [4.69, 9.17) is 10.00 Å². The van der Waals surface area contributed by atoms with Gasteiger partial charge in [0.15, 0.2) is 6.10 Å². The predicted octanol–water partition coefficient (Wildman–Crippen LogP) is 2.25. The van der Waals surface area contributed by atoms with Crippen molar-refractivity contribution in [3.05, 3.63) is 0 Å². The molecule has 2 heteroatoms. The molecule has 1 aliphatic carbocycles. The highest BCUT2D eigenvalue weighted by Gasteiger charge is 2.56. The Morgan fingerprint density at radius 3 is 2.92 bits per heavy atom. The molecule has 0 aromatic carbocycles. The van der Waals surface area contributed by atoms with Gasteiger partial charge in [0.25, 0.3) is 0 Å². The third-order valence-electron chi connectivity index (χ3n) is 3.25. The van der Waals surface area contributed by atoms with Gasteiger partial charge in [0.1, 0.15) is 5.60 Å². The van der Waals surface area contributed by atoms with E-state index in [-0.39, 0.29) is 11.7 Å². The van der Waals surface area contributed by atoms with E-state index in [1.165, 1.54) is 19.3 Å². The Morgan fingerprint density at radius 1 is 1.42 bits per heavy atom. The maximum absolute atomic E-state index is 8.71. The molecule has 3 atom stereocenters. The summed E-state index contributed by atoms with van der Waals surface area (Å²) in [5.41, 5.74) is -0.000486. The second-order valence-electron chi connectivity index (χ2n) is 4.23. The molecule has 1 saturated heterocycles. The maximum Gasteiger partial charge on any atom is 0.173 e. The summed E-state index contributed by atoms with van der Waals surface area (Å²) in [5.74, 6) is 0.827. The quantitative estimate of drug-likeness (QED) is 0.516. The van der Waals surface area contributed by atoms with Gasteiger partial charge in [0.2, 0.25) is 0 Å². The van der Waals surface area contributed by atoms with Crippen LogP contribution >= 0.6 is 0 Å². The first-order valence-electron chi connectivity index (χ1n) is 4.84. The molecule has 1 heterocycles. The van der Waals surface area contributed by atoms with Gasteiger partial charge < -0.3 is 4.74 Å². The number of nitriles is 1. The summed E-state index contributed by atoms with van der Waals surface area (Å²) >= 11 is 0. The Morgan fingerprint density at radius 2 is 2.25 bits per heavy atom. The van der Waals surface area contributed by atoms with Crippen LogP contribution in [-0.4, -0.2) is 11.7 Å². The lowest BCUT2D eigenvalue weighted by Crippen LogP contribution is -2.12. The normalized spacial score (nSPS) is 46.7. The topological polar surface area (TPSA) is 36.3 Å². The van der Waals surface area contributed by atoms with Gasteiger partial charge in [0, 0.05) is 0 Å². The average Bonchev–Trinajstić information content (AvgIpc) is 2.79. The molecule has 1 aliphatic heterocycles. The SMILES string of the molecule is CC1CCCC2(CC1)OC2C#N. The predicted molar refractivity (Wildman–Crippen MR) is 45.5 cm³/mol. The summed E-state index contributed by atoms with van der Waals surface area (Å²) in [6.07, 6.45) is 5.91. The summed E-state index contributed by atoms with van der Waals surface area (Å²) in [6.45, 7) is 2.29. The molecule has 12 heavy (non-hydrogen) atoms. The molecule has 1 saturated carbocycles. The molecule has 66 valence electrons. The molecule has 2 fully saturated rings. The fourth-order valence-electron chi connectivity index (χ4n) is 2.23. The third kappa shape index (κ3) is 1.23. The lowest BCUT2D eigenvalue weighted by molar-refractivity contribution is 0.271. The summed E-state index contributed by atoms with van der Waals surface area (Å²) in [7, 11) is 0. The lowest BCUT2D eigenvalue weighted by Gasteiger charge is -2.06. The number of rotatable bonds is 0. The molecule has 0 amide bonds. The maximum atomic E-state index is 8.71. The van der Waals surface area contributed by atoms with Crippen LogP contribution in [0.4, 0.5) is 0 Å². The van der Waals surface area contributed by atoms with Crippen molar-refractivity contribution in [2.75, 3.05) is 0 Å². The number of hydrogen-bond donors (Lipinski definition) is 0. The van der Waals surface area contributed by atoms with Crippen LogP contribution in [0.5, 0.6) is 0 Å². The summed E-state index contributed by atoms with van der Waals surface area (Å²) in [6, 6.07) is 2.22. The highest BCUT2D eigenvalue weighted by molar-refractivity contribution is 5.14. The fraction of sp³-hybridized carbons (Fsp3) is 0.900. The van der Waals surface area contributed by atoms with Crippen LogP contribution in [0.25, 0.3) is 0 Å². The summed E-state index contributed by atoms with van der Waals surface area (Å²) < 4.78 is 5.46. The lowest BCUT2D eigenvalue weighted by atomic mass is 9.96. The zero-order valence-corrected chi connectivity index (χ0v) is 7.55. The van der Waals surface area contributed by atoms with Crippen LogP contribution < -0.4 is 0 Å². The van der Waals surface area contributed by atoms with Crippen molar-refractivity contribution < 1.29 is 4.74 Å². The number of epoxide rings is 1. The highest BCUT2D eigenvalue weighted by Crippen LogP contribution is 2.47. The van der Waals surface area contributed by atoms with Gasteiger partial charge in [-0.05, 0) is 25.2 Å². The van der Waals surface area contributed by atoms with Gasteiger partial charge in [-0.2, -0.15) is 5.26 Å². The zero-order chi connectivity index (χ0) is 8.60. The molecule has 0 aromatic heterocycles. The van der Waals surface area contributed by atoms with Crippen LogP contribution in [0.15, 0.2) is 0 Å². The first kappa shape index (κ1) is 8.07. The Labute approximate surface area is 73.5 Å². The van der Waals surface area contributed by atoms with Crippen molar-refractivity contribution in [2.24, 2.45) is 5.92 Å². The summed E-state index contributed by atoms with van der Waals surface area (Å²) in [4.78, 5) is 0. The standard InChI is InChI=1S/C10H15NO/c1-8-3-2-5-10(6-4-8)9(7-11)12-10/h8-9H,2-6H2,1H3. The second-order valence-corrected chi connectivity index (χ2v) is 4.23. The number of hydrogen-bond acceptors (Lipinski definition) is 2. The molecule has 0 N–H and O–H groups in total. The minimum atomic E-state index is -0.0807. The van der Waals surface area contributed by atoms with Crippen molar-refractivity contribution in [3.63, 3.8) is 0 Å². The Kier molecular flexibility index (Phi) is 1.84. The van der Waals surface area contributed by atoms with Crippen molar-refractivity contribution in [1.82, 2.24) is 0 Å². The van der Waals surface area contributed by atoms with Gasteiger partial charge in [-0.1, -0.05) is 19.8 Å². The van der Waals surface area contributed by atoms with Crippen molar-refractivity contribution in [1.29, 1.82) is 5.26 Å². The molecule has 0 bridgehead atoms. The summed E-state index contributed by atoms with van der Waals surface area (Å²) in [5, 5.41) is 8.71.